The number of hydrogen-bond donors (Lipinski definition) is 3. The molecule has 3 N–H and O–H groups in total. The average Bonchev–Trinajstić information content (AvgIpc) is 2.86. The van der Waals surface area contributed by atoms with E-state index in [-0.39, 0.29) is 11.4 Å². The molecule has 26 heavy (non-hydrogen) atoms. The van der Waals surface area contributed by atoms with Crippen molar-refractivity contribution in [2.75, 3.05) is 11.9 Å². The van der Waals surface area contributed by atoms with Crippen LogP contribution in [0.3, 0.4) is 0 Å². The van der Waals surface area contributed by atoms with E-state index in [1.807, 2.05) is 0 Å². The number of hydrogen-bond acceptors (Lipinski definition) is 4. The summed E-state index contributed by atoms with van der Waals surface area (Å²) in [5.74, 6) is -1.60. The number of carbonyl (C=O) groups is 3. The maximum atomic E-state index is 12.9. The summed E-state index contributed by atoms with van der Waals surface area (Å²) in [6.07, 6.45) is 1.44. The van der Waals surface area contributed by atoms with Gasteiger partial charge in [-0.2, -0.15) is 0 Å². The highest BCUT2D eigenvalue weighted by molar-refractivity contribution is 6.15. The Morgan fingerprint density at radius 3 is 2.42 bits per heavy atom. The van der Waals surface area contributed by atoms with Gasteiger partial charge in [-0.15, -0.1) is 0 Å². The van der Waals surface area contributed by atoms with Gasteiger partial charge in [0.2, 0.25) is 5.91 Å². The van der Waals surface area contributed by atoms with E-state index in [0.717, 1.165) is 4.90 Å². The van der Waals surface area contributed by atoms with Crippen LogP contribution in [0.5, 0.6) is 5.75 Å². The molecule has 0 radical (unpaired) electrons. The minimum absolute atomic E-state index is 0.0234. The van der Waals surface area contributed by atoms with E-state index in [9.17, 15) is 23.9 Å². The van der Waals surface area contributed by atoms with Gasteiger partial charge in [-0.3, -0.25) is 9.59 Å². The lowest BCUT2D eigenvalue weighted by molar-refractivity contribution is -0.127. The highest BCUT2D eigenvalue weighted by atomic mass is 19.1. The molecule has 0 unspecified atom stereocenters. The lowest BCUT2D eigenvalue weighted by Crippen LogP contribution is -2.38. The summed E-state index contributed by atoms with van der Waals surface area (Å²) in [5, 5.41) is 14.1. The third-order valence-electron chi connectivity index (χ3n) is 3.60. The van der Waals surface area contributed by atoms with E-state index in [1.165, 1.54) is 42.5 Å². The van der Waals surface area contributed by atoms with Gasteiger partial charge in [0, 0.05) is 5.69 Å². The molecule has 1 heterocycles. The Labute approximate surface area is 147 Å². The first-order valence-electron chi connectivity index (χ1n) is 7.61. The number of urea groups is 1. The van der Waals surface area contributed by atoms with E-state index in [4.69, 9.17) is 0 Å². The maximum Gasteiger partial charge on any atom is 0.329 e. The molecule has 132 valence electrons. The van der Waals surface area contributed by atoms with E-state index in [1.54, 1.807) is 12.1 Å². The quantitative estimate of drug-likeness (QED) is 0.577. The number of halogens is 1. The molecule has 1 aliphatic heterocycles. The van der Waals surface area contributed by atoms with Gasteiger partial charge in [0.15, 0.2) is 0 Å². The van der Waals surface area contributed by atoms with Crippen molar-refractivity contribution < 1.29 is 23.9 Å². The van der Waals surface area contributed by atoms with Crippen LogP contribution in [0.2, 0.25) is 0 Å². The van der Waals surface area contributed by atoms with Crippen molar-refractivity contribution in [1.29, 1.82) is 0 Å². The molecule has 2 aromatic carbocycles. The van der Waals surface area contributed by atoms with Crippen molar-refractivity contribution in [2.24, 2.45) is 0 Å². The van der Waals surface area contributed by atoms with Crippen LogP contribution in [0.15, 0.2) is 54.2 Å². The Balaban J connectivity index is 1.67. The highest BCUT2D eigenvalue weighted by Crippen LogP contribution is 2.16. The summed E-state index contributed by atoms with van der Waals surface area (Å²) in [5.41, 5.74) is 0.975. The van der Waals surface area contributed by atoms with Crippen LogP contribution in [0.25, 0.3) is 6.08 Å². The number of phenols is 1. The van der Waals surface area contributed by atoms with Crippen LogP contribution in [-0.4, -0.2) is 34.4 Å². The number of carbonyl (C=O) groups excluding carboxylic acids is 3. The molecular formula is C18H14FN3O4. The molecule has 4 amide bonds. The Bertz CT molecular complexity index is 892. The smallest absolute Gasteiger partial charge is 0.329 e. The third kappa shape index (κ3) is 3.86. The van der Waals surface area contributed by atoms with Gasteiger partial charge in [0.25, 0.3) is 5.91 Å². The Hall–Kier alpha value is -3.68. The first-order chi connectivity index (χ1) is 12.4. The van der Waals surface area contributed by atoms with Crippen molar-refractivity contribution in [1.82, 2.24) is 10.2 Å². The Kier molecular flexibility index (Phi) is 4.66. The van der Waals surface area contributed by atoms with Crippen LogP contribution in [0.4, 0.5) is 14.9 Å². The number of imide groups is 1. The molecule has 0 aliphatic carbocycles. The minimum atomic E-state index is -0.714. The maximum absolute atomic E-state index is 12.9. The third-order valence-corrected chi connectivity index (χ3v) is 3.60. The fourth-order valence-corrected chi connectivity index (χ4v) is 2.33. The van der Waals surface area contributed by atoms with Gasteiger partial charge in [-0.25, -0.2) is 14.1 Å². The van der Waals surface area contributed by atoms with Crippen LogP contribution in [-0.2, 0) is 9.59 Å². The molecule has 3 rings (SSSR count). The molecule has 0 aromatic heterocycles. The van der Waals surface area contributed by atoms with Gasteiger partial charge >= 0.3 is 6.03 Å². The van der Waals surface area contributed by atoms with E-state index in [0.29, 0.717) is 11.3 Å². The molecule has 7 nitrogen and oxygen atoms in total. The molecule has 0 spiro atoms. The second-order valence-corrected chi connectivity index (χ2v) is 5.53. The number of aromatic hydroxyl groups is 1. The number of nitrogens with zero attached hydrogens (tertiary/aromatic N) is 1. The van der Waals surface area contributed by atoms with Crippen molar-refractivity contribution in [3.8, 4) is 5.75 Å². The normalized spacial score (nSPS) is 15.3. The van der Waals surface area contributed by atoms with Crippen molar-refractivity contribution in [3.05, 3.63) is 65.6 Å². The lowest BCUT2D eigenvalue weighted by atomic mass is 10.2. The van der Waals surface area contributed by atoms with E-state index < -0.39 is 30.2 Å². The van der Waals surface area contributed by atoms with E-state index in [2.05, 4.69) is 10.6 Å². The number of rotatable bonds is 4. The van der Waals surface area contributed by atoms with Gasteiger partial charge in [0.1, 0.15) is 23.8 Å². The van der Waals surface area contributed by atoms with Gasteiger partial charge in [-0.1, -0.05) is 12.1 Å². The first-order valence-corrected chi connectivity index (χ1v) is 7.61. The molecule has 8 heteroatoms. The molecule has 0 bridgehead atoms. The predicted octanol–water partition coefficient (Wildman–Crippen LogP) is 2.06. The van der Waals surface area contributed by atoms with Gasteiger partial charge in [-0.05, 0) is 48.0 Å². The summed E-state index contributed by atoms with van der Waals surface area (Å²) in [7, 11) is 0. The zero-order valence-electron chi connectivity index (χ0n) is 13.4. The SMILES string of the molecule is O=C(CN1C(=O)N/C(=C\c2ccc(O)cc2)C1=O)Nc1ccc(F)cc1. The highest BCUT2D eigenvalue weighted by Gasteiger charge is 2.34. The zero-order valence-corrected chi connectivity index (χ0v) is 13.4. The van der Waals surface area contributed by atoms with Crippen LogP contribution in [0, 0.1) is 5.82 Å². The number of benzene rings is 2. The van der Waals surface area contributed by atoms with Crippen molar-refractivity contribution in [2.45, 2.75) is 0 Å². The van der Waals surface area contributed by atoms with Crippen LogP contribution >= 0.6 is 0 Å². The number of amides is 4. The average molecular weight is 355 g/mol. The zero-order chi connectivity index (χ0) is 18.7. The Morgan fingerprint density at radius 2 is 1.77 bits per heavy atom. The fraction of sp³-hybridized carbons (Fsp3) is 0.0556. The number of nitrogens with one attached hydrogen (secondary N) is 2. The molecule has 1 aliphatic rings. The molecular weight excluding hydrogens is 341 g/mol. The summed E-state index contributed by atoms with van der Waals surface area (Å²) in [6, 6.07) is 10.4. The van der Waals surface area contributed by atoms with Crippen LogP contribution < -0.4 is 10.6 Å². The molecule has 1 fully saturated rings. The molecule has 0 saturated carbocycles. The minimum Gasteiger partial charge on any atom is -0.508 e. The summed E-state index contributed by atoms with van der Waals surface area (Å²) in [6.45, 7) is -0.477. The van der Waals surface area contributed by atoms with Crippen molar-refractivity contribution >= 4 is 29.6 Å². The summed E-state index contributed by atoms with van der Waals surface area (Å²) >= 11 is 0. The Morgan fingerprint density at radius 1 is 1.12 bits per heavy atom. The molecule has 1 saturated heterocycles. The standard InChI is InChI=1S/C18H14FN3O4/c19-12-3-5-13(6-4-12)20-16(24)10-22-17(25)15(21-18(22)26)9-11-1-7-14(23)8-2-11/h1-9,23H,10H2,(H,20,24)(H,21,26)/b15-9-. The first kappa shape index (κ1) is 17.2. The number of phenolic OH excluding ortho intramolecular Hbond substituents is 1. The topological polar surface area (TPSA) is 98.7 Å². The molecule has 2 aromatic rings. The second-order valence-electron chi connectivity index (χ2n) is 5.53. The second kappa shape index (κ2) is 7.06. The van der Waals surface area contributed by atoms with Crippen molar-refractivity contribution in [3.63, 3.8) is 0 Å². The monoisotopic (exact) mass is 355 g/mol. The fourth-order valence-electron chi connectivity index (χ4n) is 2.33. The summed E-state index contributed by atoms with van der Waals surface area (Å²) in [4.78, 5) is 37.1. The molecule has 0 atom stereocenters. The van der Waals surface area contributed by atoms with E-state index >= 15 is 0 Å². The van der Waals surface area contributed by atoms with Gasteiger partial charge < -0.3 is 15.7 Å². The van der Waals surface area contributed by atoms with Gasteiger partial charge in [0.05, 0.1) is 0 Å². The number of anilines is 1. The predicted molar refractivity (Wildman–Crippen MR) is 91.4 cm³/mol. The van der Waals surface area contributed by atoms with Crippen LogP contribution in [0.1, 0.15) is 5.56 Å². The summed E-state index contributed by atoms with van der Waals surface area (Å²) < 4.78 is 12.9. The lowest BCUT2D eigenvalue weighted by Gasteiger charge is -2.11. The largest absolute Gasteiger partial charge is 0.508 e.